The Morgan fingerprint density at radius 2 is 0.909 bits per heavy atom. The summed E-state index contributed by atoms with van der Waals surface area (Å²) in [6.07, 6.45) is 2.21. The molecular formula is C43H26S. The molecule has 1 heteroatoms. The molecule has 0 N–H and O–H groups in total. The van der Waals surface area contributed by atoms with Crippen LogP contribution in [0.15, 0.2) is 133 Å². The minimum atomic E-state index is 1.27. The highest BCUT2D eigenvalue weighted by Gasteiger charge is 2.15. The van der Waals surface area contributed by atoms with Crippen molar-refractivity contribution in [2.24, 2.45) is 0 Å². The second kappa shape index (κ2) is 8.89. The lowest BCUT2D eigenvalue weighted by molar-refractivity contribution is 1.67. The van der Waals surface area contributed by atoms with Gasteiger partial charge in [0.2, 0.25) is 0 Å². The van der Waals surface area contributed by atoms with E-state index in [4.69, 9.17) is 0 Å². The summed E-state index contributed by atoms with van der Waals surface area (Å²) in [7, 11) is 0. The quantitative estimate of drug-likeness (QED) is 0.180. The predicted octanol–water partition coefficient (Wildman–Crippen LogP) is 12.1. The van der Waals surface area contributed by atoms with E-state index < -0.39 is 0 Å². The molecule has 0 saturated heterocycles. The van der Waals surface area contributed by atoms with Crippen LogP contribution in [0.5, 0.6) is 0 Å². The van der Waals surface area contributed by atoms with E-state index in [1.54, 1.807) is 0 Å². The van der Waals surface area contributed by atoms with Gasteiger partial charge in [0.1, 0.15) is 0 Å². The first-order chi connectivity index (χ1) is 21.7. The van der Waals surface area contributed by atoms with E-state index in [9.17, 15) is 0 Å². The fourth-order valence-electron chi connectivity index (χ4n) is 7.69. The lowest BCUT2D eigenvalue weighted by atomic mass is 9.90. The Balaban J connectivity index is 1.15. The van der Waals surface area contributed by atoms with Gasteiger partial charge in [-0.2, -0.15) is 0 Å². The summed E-state index contributed by atoms with van der Waals surface area (Å²) in [5, 5.41) is 17.2. The van der Waals surface area contributed by atoms with Crippen molar-refractivity contribution in [3.8, 4) is 22.3 Å². The minimum Gasteiger partial charge on any atom is -0.135 e. The van der Waals surface area contributed by atoms with Gasteiger partial charge in [0.15, 0.2) is 0 Å². The molecule has 9 aromatic carbocycles. The maximum Gasteiger partial charge on any atom is 0.0361 e. The largest absolute Gasteiger partial charge is 0.135 e. The summed E-state index contributed by atoms with van der Waals surface area (Å²) < 4.78 is 2.67. The Morgan fingerprint density at radius 3 is 1.59 bits per heavy atom. The van der Waals surface area contributed by atoms with Crippen LogP contribution in [0.4, 0.5) is 0 Å². The highest BCUT2D eigenvalue weighted by Crippen LogP contribution is 2.43. The number of hydrogen-bond donors (Lipinski definition) is 0. The van der Waals surface area contributed by atoms with Gasteiger partial charge in [-0.25, -0.2) is 0 Å². The zero-order valence-electron chi connectivity index (χ0n) is 24.2. The normalized spacial score (nSPS) is 12.8. The molecule has 10 aromatic rings. The van der Waals surface area contributed by atoms with E-state index in [1.165, 1.54) is 102 Å². The Morgan fingerprint density at radius 1 is 0.409 bits per heavy atom. The maximum absolute atomic E-state index is 2.40. The third-order valence-electron chi connectivity index (χ3n) is 9.76. The predicted molar refractivity (Wildman–Crippen MR) is 194 cm³/mol. The molecule has 0 spiro atoms. The molecule has 1 aromatic heterocycles. The molecule has 0 aliphatic heterocycles. The van der Waals surface area contributed by atoms with Crippen molar-refractivity contribution in [3.05, 3.63) is 139 Å². The van der Waals surface area contributed by atoms with Crippen molar-refractivity contribution in [2.45, 2.75) is 6.92 Å². The van der Waals surface area contributed by atoms with Gasteiger partial charge < -0.3 is 0 Å². The summed E-state index contributed by atoms with van der Waals surface area (Å²) in [6.45, 7) is 2.12. The van der Waals surface area contributed by atoms with Gasteiger partial charge in [0.05, 0.1) is 0 Å². The second-order valence-electron chi connectivity index (χ2n) is 12.0. The average Bonchev–Trinajstić information content (AvgIpc) is 3.44. The molecular weight excluding hydrogens is 549 g/mol. The van der Waals surface area contributed by atoms with E-state index in [0.717, 1.165) is 0 Å². The molecule has 0 atom stereocenters. The smallest absolute Gasteiger partial charge is 0.0361 e. The lowest BCUT2D eigenvalue weighted by Crippen LogP contribution is -2.01. The number of fused-ring (bicyclic) bond motifs is 3. The van der Waals surface area contributed by atoms with Crippen LogP contribution < -0.4 is 5.22 Å². The fourth-order valence-corrected chi connectivity index (χ4v) is 8.87. The van der Waals surface area contributed by atoms with Crippen molar-refractivity contribution in [1.29, 1.82) is 0 Å². The highest BCUT2D eigenvalue weighted by atomic mass is 32.1. The van der Waals surface area contributed by atoms with Crippen LogP contribution in [0, 0.1) is 0 Å². The summed E-state index contributed by atoms with van der Waals surface area (Å²) in [5.74, 6) is 0. The van der Waals surface area contributed by atoms with E-state index in [0.29, 0.717) is 0 Å². The summed E-state index contributed by atoms with van der Waals surface area (Å²) in [5.41, 5.74) is 5.15. The third kappa shape index (κ3) is 3.28. The van der Waals surface area contributed by atoms with Crippen LogP contribution in [-0.2, 0) is 0 Å². The van der Waals surface area contributed by atoms with Crippen LogP contribution >= 0.6 is 11.3 Å². The van der Waals surface area contributed by atoms with Crippen molar-refractivity contribution in [1.82, 2.24) is 0 Å². The van der Waals surface area contributed by atoms with Crippen molar-refractivity contribution in [3.63, 3.8) is 0 Å². The number of rotatable bonds is 2. The highest BCUT2D eigenvalue weighted by molar-refractivity contribution is 7.25. The monoisotopic (exact) mass is 574 g/mol. The van der Waals surface area contributed by atoms with E-state index in [-0.39, 0.29) is 0 Å². The van der Waals surface area contributed by atoms with Crippen LogP contribution in [0.1, 0.15) is 6.92 Å². The first kappa shape index (κ1) is 24.2. The summed E-state index contributed by atoms with van der Waals surface area (Å²) in [6, 6.07) is 50.2. The molecule has 0 bridgehead atoms. The molecule has 0 aliphatic carbocycles. The molecule has 0 aliphatic rings. The number of hydrogen-bond acceptors (Lipinski definition) is 1. The van der Waals surface area contributed by atoms with Crippen molar-refractivity contribution >= 4 is 91.4 Å². The lowest BCUT2D eigenvalue weighted by Gasteiger charge is -2.14. The van der Waals surface area contributed by atoms with E-state index >= 15 is 0 Å². The fraction of sp³-hybridized carbons (Fsp3) is 0.0233. The number of benzene rings is 9. The van der Waals surface area contributed by atoms with Gasteiger partial charge in [-0.15, -0.1) is 11.3 Å². The van der Waals surface area contributed by atoms with Crippen LogP contribution in [0.25, 0.3) is 102 Å². The Labute approximate surface area is 258 Å². The summed E-state index contributed by atoms with van der Waals surface area (Å²) >= 11 is 1.90. The van der Waals surface area contributed by atoms with Crippen LogP contribution in [0.3, 0.4) is 0 Å². The zero-order valence-corrected chi connectivity index (χ0v) is 25.0. The van der Waals surface area contributed by atoms with Gasteiger partial charge in [0.25, 0.3) is 0 Å². The molecule has 0 nitrogen and oxygen atoms in total. The van der Waals surface area contributed by atoms with Crippen LogP contribution in [0.2, 0.25) is 0 Å². The van der Waals surface area contributed by atoms with E-state index in [2.05, 4.69) is 146 Å². The van der Waals surface area contributed by atoms with Crippen molar-refractivity contribution in [2.75, 3.05) is 0 Å². The first-order valence-corrected chi connectivity index (χ1v) is 16.1. The Hall–Kier alpha value is -5.24. The molecule has 10 rings (SSSR count). The van der Waals surface area contributed by atoms with Gasteiger partial charge in [-0.1, -0.05) is 127 Å². The Bertz CT molecular complexity index is 2820. The minimum absolute atomic E-state index is 1.27. The maximum atomic E-state index is 2.40. The SMILES string of the molecule is C/C=c1/ccc2ccc(-c3ccc4c(c3)sc3cc(-c5ccc6ccc7cccc8ccc5c6c78)ccc34)c3cccc1c23. The molecule has 0 saturated carbocycles. The molecule has 1 heterocycles. The molecule has 0 radical (unpaired) electrons. The zero-order chi connectivity index (χ0) is 28.9. The van der Waals surface area contributed by atoms with Gasteiger partial charge in [-0.05, 0) is 100 Å². The van der Waals surface area contributed by atoms with E-state index in [1.807, 2.05) is 11.3 Å². The summed E-state index contributed by atoms with van der Waals surface area (Å²) in [4.78, 5) is 0. The molecule has 0 unspecified atom stereocenters. The molecule has 0 fully saturated rings. The average molecular weight is 575 g/mol. The molecule has 0 amide bonds. The Kier molecular flexibility index (Phi) is 4.90. The second-order valence-corrected chi connectivity index (χ2v) is 13.1. The molecule has 204 valence electrons. The van der Waals surface area contributed by atoms with Gasteiger partial charge in [0, 0.05) is 20.2 Å². The van der Waals surface area contributed by atoms with Crippen molar-refractivity contribution < 1.29 is 0 Å². The number of thiophene rings is 1. The first-order valence-electron chi connectivity index (χ1n) is 15.3. The molecule has 44 heavy (non-hydrogen) atoms. The standard InChI is InChI=1S/C43H26S/c1-2-25-9-10-28-13-18-32(37-8-4-7-34(25)42(28)37)30-16-20-35-36-21-17-31(24-40(36)44-39(35)23-30)33-19-14-29-12-11-26-5-3-6-27-15-22-38(33)43(29)41(26)27/h2-24H,1H3/b25-2-. The third-order valence-corrected chi connectivity index (χ3v) is 10.9. The van der Waals surface area contributed by atoms with Gasteiger partial charge >= 0.3 is 0 Å². The topological polar surface area (TPSA) is 0 Å². The van der Waals surface area contributed by atoms with Crippen LogP contribution in [-0.4, -0.2) is 0 Å². The van der Waals surface area contributed by atoms with Gasteiger partial charge in [-0.3, -0.25) is 0 Å².